The minimum atomic E-state index is -0.733. The van der Waals surface area contributed by atoms with E-state index in [1.165, 1.54) is 0 Å². The van der Waals surface area contributed by atoms with E-state index in [-0.39, 0.29) is 5.92 Å². The Morgan fingerprint density at radius 1 is 1.16 bits per heavy atom. The molecule has 2 aliphatic rings. The maximum atomic E-state index is 11.6. The number of hydrogen-bond donors (Lipinski definition) is 1. The van der Waals surface area contributed by atoms with E-state index in [0.29, 0.717) is 24.7 Å². The van der Waals surface area contributed by atoms with Crippen LogP contribution in [-0.4, -0.2) is 24.3 Å². The number of rotatable bonds is 3. The van der Waals surface area contributed by atoms with Gasteiger partial charge in [0.1, 0.15) is 13.2 Å². The van der Waals surface area contributed by atoms with Crippen LogP contribution in [0.4, 0.5) is 0 Å². The van der Waals surface area contributed by atoms with Crippen LogP contribution < -0.4 is 9.47 Å². The first-order chi connectivity index (χ1) is 9.25. The number of carboxylic acids is 1. The summed E-state index contributed by atoms with van der Waals surface area (Å²) in [6.07, 6.45) is 4.29. The van der Waals surface area contributed by atoms with Crippen molar-refractivity contribution in [2.45, 2.75) is 31.6 Å². The topological polar surface area (TPSA) is 55.8 Å². The summed E-state index contributed by atoms with van der Waals surface area (Å²) in [5.74, 6) is 0.487. The molecule has 1 aromatic carbocycles. The number of benzene rings is 1. The van der Waals surface area contributed by atoms with Gasteiger partial charge in [0, 0.05) is 0 Å². The van der Waals surface area contributed by atoms with Gasteiger partial charge in [-0.25, -0.2) is 0 Å². The summed E-state index contributed by atoms with van der Waals surface area (Å²) in [5, 5.41) is 9.52. The molecule has 19 heavy (non-hydrogen) atoms. The molecule has 1 aliphatic heterocycles. The molecule has 1 N–H and O–H groups in total. The fourth-order valence-electron chi connectivity index (χ4n) is 3.16. The molecule has 1 aliphatic carbocycles. The third kappa shape index (κ3) is 2.39. The summed E-state index contributed by atoms with van der Waals surface area (Å²) in [7, 11) is 0. The Bertz CT molecular complexity index is 477. The van der Waals surface area contributed by atoms with Crippen molar-refractivity contribution in [2.24, 2.45) is 5.92 Å². The monoisotopic (exact) mass is 262 g/mol. The Morgan fingerprint density at radius 3 is 2.53 bits per heavy atom. The lowest BCUT2D eigenvalue weighted by Crippen LogP contribution is -2.21. The van der Waals surface area contributed by atoms with E-state index in [1.54, 1.807) is 0 Å². The molecule has 4 nitrogen and oxygen atoms in total. The van der Waals surface area contributed by atoms with Gasteiger partial charge in [-0.05, 0) is 36.5 Å². The second-order valence-corrected chi connectivity index (χ2v) is 5.26. The molecule has 0 radical (unpaired) electrons. The Hall–Kier alpha value is -1.71. The summed E-state index contributed by atoms with van der Waals surface area (Å²) < 4.78 is 11.0. The molecule has 1 atom stereocenters. The SMILES string of the molecule is O=C(O)[C@H](c1ccc2c(c1)OCCO2)C1CCCC1. The van der Waals surface area contributed by atoms with E-state index in [2.05, 4.69) is 0 Å². The maximum Gasteiger partial charge on any atom is 0.311 e. The summed E-state index contributed by atoms with van der Waals surface area (Å²) in [4.78, 5) is 11.6. The van der Waals surface area contributed by atoms with E-state index in [0.717, 1.165) is 31.2 Å². The van der Waals surface area contributed by atoms with Crippen LogP contribution in [0.15, 0.2) is 18.2 Å². The lowest BCUT2D eigenvalue weighted by atomic mass is 9.85. The summed E-state index contributed by atoms with van der Waals surface area (Å²) in [5.41, 5.74) is 0.837. The van der Waals surface area contributed by atoms with Crippen LogP contribution in [0.1, 0.15) is 37.2 Å². The van der Waals surface area contributed by atoms with Crippen molar-refractivity contribution in [1.82, 2.24) is 0 Å². The van der Waals surface area contributed by atoms with E-state index in [4.69, 9.17) is 9.47 Å². The minimum Gasteiger partial charge on any atom is -0.486 e. The molecule has 1 saturated carbocycles. The Labute approximate surface area is 112 Å². The molecule has 1 fully saturated rings. The Morgan fingerprint density at radius 2 is 1.84 bits per heavy atom. The van der Waals surface area contributed by atoms with Crippen LogP contribution in [0, 0.1) is 5.92 Å². The smallest absolute Gasteiger partial charge is 0.311 e. The number of ether oxygens (including phenoxy) is 2. The van der Waals surface area contributed by atoms with Crippen molar-refractivity contribution >= 4 is 5.97 Å². The highest BCUT2D eigenvalue weighted by Gasteiger charge is 2.32. The van der Waals surface area contributed by atoms with Crippen LogP contribution in [0.5, 0.6) is 11.5 Å². The number of aliphatic carboxylic acids is 1. The molecular weight excluding hydrogens is 244 g/mol. The van der Waals surface area contributed by atoms with Crippen molar-refractivity contribution in [3.8, 4) is 11.5 Å². The van der Waals surface area contributed by atoms with Gasteiger partial charge < -0.3 is 14.6 Å². The molecule has 0 amide bonds. The van der Waals surface area contributed by atoms with Crippen molar-refractivity contribution in [3.63, 3.8) is 0 Å². The average Bonchev–Trinajstić information content (AvgIpc) is 2.92. The number of carbonyl (C=O) groups is 1. The molecule has 3 rings (SSSR count). The predicted octanol–water partition coefficient (Wildman–Crippen LogP) is 2.82. The summed E-state index contributed by atoms with van der Waals surface area (Å²) >= 11 is 0. The van der Waals surface area contributed by atoms with Crippen molar-refractivity contribution in [1.29, 1.82) is 0 Å². The minimum absolute atomic E-state index is 0.250. The highest BCUT2D eigenvalue weighted by Crippen LogP contribution is 2.40. The second-order valence-electron chi connectivity index (χ2n) is 5.26. The van der Waals surface area contributed by atoms with E-state index >= 15 is 0 Å². The van der Waals surface area contributed by atoms with Gasteiger partial charge in [-0.1, -0.05) is 18.9 Å². The van der Waals surface area contributed by atoms with Crippen LogP contribution in [0.25, 0.3) is 0 Å². The van der Waals surface area contributed by atoms with Gasteiger partial charge in [-0.2, -0.15) is 0 Å². The van der Waals surface area contributed by atoms with E-state index in [9.17, 15) is 9.90 Å². The number of fused-ring (bicyclic) bond motifs is 1. The van der Waals surface area contributed by atoms with Crippen LogP contribution in [0.2, 0.25) is 0 Å². The fourth-order valence-corrected chi connectivity index (χ4v) is 3.16. The Balaban J connectivity index is 1.91. The third-order valence-electron chi connectivity index (χ3n) is 4.06. The summed E-state index contributed by atoms with van der Waals surface area (Å²) in [6, 6.07) is 5.53. The van der Waals surface area contributed by atoms with Gasteiger partial charge in [0.05, 0.1) is 5.92 Å². The molecule has 0 bridgehead atoms. The second kappa shape index (κ2) is 5.11. The normalized spacial score (nSPS) is 20.2. The van der Waals surface area contributed by atoms with Crippen LogP contribution in [-0.2, 0) is 4.79 Å². The highest BCUT2D eigenvalue weighted by atomic mass is 16.6. The fraction of sp³-hybridized carbons (Fsp3) is 0.533. The summed E-state index contributed by atoms with van der Waals surface area (Å²) in [6.45, 7) is 1.08. The molecule has 0 spiro atoms. The molecule has 1 heterocycles. The lowest BCUT2D eigenvalue weighted by molar-refractivity contribution is -0.140. The average molecular weight is 262 g/mol. The molecule has 0 unspecified atom stereocenters. The largest absolute Gasteiger partial charge is 0.486 e. The van der Waals surface area contributed by atoms with Gasteiger partial charge in [-0.15, -0.1) is 0 Å². The zero-order valence-corrected chi connectivity index (χ0v) is 10.8. The van der Waals surface area contributed by atoms with Gasteiger partial charge in [0.15, 0.2) is 11.5 Å². The molecule has 0 saturated heterocycles. The van der Waals surface area contributed by atoms with Gasteiger partial charge in [0.25, 0.3) is 0 Å². The first-order valence-electron chi connectivity index (χ1n) is 6.88. The van der Waals surface area contributed by atoms with Crippen molar-refractivity contribution in [2.75, 3.05) is 13.2 Å². The Kier molecular flexibility index (Phi) is 3.32. The molecule has 102 valence electrons. The van der Waals surface area contributed by atoms with Crippen molar-refractivity contribution in [3.05, 3.63) is 23.8 Å². The highest BCUT2D eigenvalue weighted by molar-refractivity contribution is 5.77. The predicted molar refractivity (Wildman–Crippen MR) is 69.8 cm³/mol. The standard InChI is InChI=1S/C15H18O4/c16-15(17)14(10-3-1-2-4-10)11-5-6-12-13(9-11)19-8-7-18-12/h5-6,9-10,14H,1-4,7-8H2,(H,16,17)/t14-/m0/s1. The first-order valence-corrected chi connectivity index (χ1v) is 6.88. The maximum absolute atomic E-state index is 11.6. The van der Waals surface area contributed by atoms with E-state index in [1.807, 2.05) is 18.2 Å². The zero-order valence-electron chi connectivity index (χ0n) is 10.8. The van der Waals surface area contributed by atoms with Gasteiger partial charge in [0.2, 0.25) is 0 Å². The molecule has 1 aromatic rings. The van der Waals surface area contributed by atoms with Crippen molar-refractivity contribution < 1.29 is 19.4 Å². The first kappa shape index (κ1) is 12.3. The zero-order chi connectivity index (χ0) is 13.2. The quantitative estimate of drug-likeness (QED) is 0.910. The number of hydrogen-bond acceptors (Lipinski definition) is 3. The van der Waals surface area contributed by atoms with Gasteiger partial charge in [-0.3, -0.25) is 4.79 Å². The molecule has 0 aromatic heterocycles. The molecular formula is C15H18O4. The lowest BCUT2D eigenvalue weighted by Gasteiger charge is -2.23. The third-order valence-corrected chi connectivity index (χ3v) is 4.06. The number of carboxylic acid groups (broad SMARTS) is 1. The molecule has 4 heteroatoms. The van der Waals surface area contributed by atoms with Gasteiger partial charge >= 0.3 is 5.97 Å². The van der Waals surface area contributed by atoms with E-state index < -0.39 is 11.9 Å². The van der Waals surface area contributed by atoms with Crippen LogP contribution in [0.3, 0.4) is 0 Å². The van der Waals surface area contributed by atoms with Crippen LogP contribution >= 0.6 is 0 Å².